The summed E-state index contributed by atoms with van der Waals surface area (Å²) in [5.74, 6) is -1.80. The highest BCUT2D eigenvalue weighted by atomic mass is 35.5. The van der Waals surface area contributed by atoms with E-state index in [0.29, 0.717) is 75.5 Å². The van der Waals surface area contributed by atoms with Gasteiger partial charge in [-0.05, 0) is 79.9 Å². The van der Waals surface area contributed by atoms with Crippen LogP contribution in [0.2, 0.25) is 15.1 Å². The molecule has 1 fully saturated rings. The number of nitrogens with one attached hydrogen (secondary N) is 4. The Bertz CT molecular complexity index is 1800. The van der Waals surface area contributed by atoms with Gasteiger partial charge < -0.3 is 20.5 Å². The van der Waals surface area contributed by atoms with Crippen LogP contribution in [0.25, 0.3) is 21.6 Å². The molecular weight excluding hydrogens is 714 g/mol. The predicted octanol–water partition coefficient (Wildman–Crippen LogP) is 6.23. The van der Waals surface area contributed by atoms with E-state index in [0.717, 1.165) is 16.9 Å². The van der Waals surface area contributed by atoms with Crippen molar-refractivity contribution in [3.8, 4) is 27.3 Å². The number of aliphatic hydroxyl groups is 1. The summed E-state index contributed by atoms with van der Waals surface area (Å²) in [5, 5.41) is 22.1. The molecule has 1 aliphatic heterocycles. The Morgan fingerprint density at radius 3 is 2.33 bits per heavy atom. The number of piperidine rings is 1. The topological polar surface area (TPSA) is 129 Å². The quantitative estimate of drug-likeness (QED) is 0.0811. The first-order valence-electron chi connectivity index (χ1n) is 15.5. The third kappa shape index (κ3) is 9.17. The highest BCUT2D eigenvalue weighted by Gasteiger charge is 2.41. The van der Waals surface area contributed by atoms with E-state index in [1.807, 2.05) is 0 Å². The van der Waals surface area contributed by atoms with Crippen LogP contribution < -0.4 is 26.0 Å². The number of rotatable bonds is 13. The highest BCUT2D eigenvalue weighted by molar-refractivity contribution is 7.18. The minimum absolute atomic E-state index is 0.0971. The summed E-state index contributed by atoms with van der Waals surface area (Å²) in [6.07, 6.45) is 1.20. The third-order valence-corrected chi connectivity index (χ3v) is 10.1. The zero-order valence-electron chi connectivity index (χ0n) is 26.2. The Morgan fingerprint density at radius 2 is 1.65 bits per heavy atom. The molecule has 14 heteroatoms. The second-order valence-electron chi connectivity index (χ2n) is 11.4. The van der Waals surface area contributed by atoms with Crippen LogP contribution in [0.3, 0.4) is 0 Å². The van der Waals surface area contributed by atoms with Crippen molar-refractivity contribution in [1.29, 1.82) is 0 Å². The van der Waals surface area contributed by atoms with Gasteiger partial charge in [-0.1, -0.05) is 65.1 Å². The van der Waals surface area contributed by atoms with Crippen molar-refractivity contribution >= 4 is 63.9 Å². The zero-order chi connectivity index (χ0) is 35.0. The number of imide groups is 1. The summed E-state index contributed by atoms with van der Waals surface area (Å²) >= 11 is 20.2. The minimum Gasteiger partial charge on any atom is -0.491 e. The molecule has 1 aliphatic rings. The van der Waals surface area contributed by atoms with Gasteiger partial charge in [-0.15, -0.1) is 11.3 Å². The molecular formula is C35H34Cl3FN4O5S. The number of carbonyl (C=O) groups excluding carboxylic acids is 3. The maximum absolute atomic E-state index is 14.2. The second kappa shape index (κ2) is 16.9. The highest BCUT2D eigenvalue weighted by Crippen LogP contribution is 2.50. The van der Waals surface area contributed by atoms with Gasteiger partial charge in [-0.2, -0.15) is 0 Å². The number of ether oxygens (including phenoxy) is 1. The summed E-state index contributed by atoms with van der Waals surface area (Å²) in [6, 6.07) is 18.1. The van der Waals surface area contributed by atoms with E-state index < -0.39 is 29.9 Å². The van der Waals surface area contributed by atoms with Crippen molar-refractivity contribution in [3.05, 3.63) is 98.1 Å². The maximum atomic E-state index is 14.2. The molecule has 258 valence electrons. The second-order valence-corrected chi connectivity index (χ2v) is 13.7. The lowest BCUT2D eigenvalue weighted by Crippen LogP contribution is -2.61. The Kier molecular flexibility index (Phi) is 12.7. The summed E-state index contributed by atoms with van der Waals surface area (Å²) in [5.41, 5.74) is 1.57. The Hall–Kier alpha value is -3.55. The van der Waals surface area contributed by atoms with E-state index in [1.165, 1.54) is 12.1 Å². The van der Waals surface area contributed by atoms with Crippen LogP contribution in [-0.4, -0.2) is 61.2 Å². The lowest BCUT2D eigenvalue weighted by atomic mass is 9.86. The first-order valence-corrected chi connectivity index (χ1v) is 17.5. The van der Waals surface area contributed by atoms with Crippen molar-refractivity contribution in [3.63, 3.8) is 0 Å². The van der Waals surface area contributed by atoms with Crippen LogP contribution in [0.5, 0.6) is 5.75 Å². The molecule has 3 aromatic carbocycles. The molecule has 5 N–H and O–H groups in total. The monoisotopic (exact) mass is 746 g/mol. The number of hydrogen-bond donors (Lipinski definition) is 5. The summed E-state index contributed by atoms with van der Waals surface area (Å²) in [4.78, 5) is 40.5. The van der Waals surface area contributed by atoms with Crippen LogP contribution in [0.4, 0.5) is 4.39 Å². The molecule has 9 nitrogen and oxygen atoms in total. The molecule has 3 amide bonds. The van der Waals surface area contributed by atoms with Gasteiger partial charge in [0.2, 0.25) is 11.8 Å². The molecule has 2 heterocycles. The fourth-order valence-electron chi connectivity index (χ4n) is 5.47. The smallest absolute Gasteiger partial charge is 0.271 e. The van der Waals surface area contributed by atoms with Crippen LogP contribution in [-0.2, 0) is 16.1 Å². The van der Waals surface area contributed by atoms with Gasteiger partial charge in [0.1, 0.15) is 22.8 Å². The number of aliphatic hydroxyl groups excluding tert-OH is 1. The number of benzene rings is 3. The first-order chi connectivity index (χ1) is 23.6. The average molecular weight is 748 g/mol. The van der Waals surface area contributed by atoms with E-state index in [4.69, 9.17) is 44.6 Å². The third-order valence-electron chi connectivity index (χ3n) is 8.08. The van der Waals surface area contributed by atoms with Crippen LogP contribution in [0, 0.1) is 5.82 Å². The van der Waals surface area contributed by atoms with Crippen molar-refractivity contribution in [2.45, 2.75) is 31.3 Å². The Labute approximate surface area is 302 Å². The summed E-state index contributed by atoms with van der Waals surface area (Å²) in [7, 11) is 0. The van der Waals surface area contributed by atoms with E-state index in [-0.39, 0.29) is 29.6 Å². The summed E-state index contributed by atoms with van der Waals surface area (Å²) in [6.45, 7) is 1.09. The van der Waals surface area contributed by atoms with Gasteiger partial charge in [0, 0.05) is 39.1 Å². The van der Waals surface area contributed by atoms with Gasteiger partial charge in [0.25, 0.3) is 5.91 Å². The van der Waals surface area contributed by atoms with Gasteiger partial charge in [0.15, 0.2) is 5.75 Å². The van der Waals surface area contributed by atoms with E-state index in [2.05, 4.69) is 21.3 Å². The largest absolute Gasteiger partial charge is 0.491 e. The van der Waals surface area contributed by atoms with E-state index in [1.54, 1.807) is 54.6 Å². The molecule has 1 saturated heterocycles. The van der Waals surface area contributed by atoms with E-state index >= 15 is 0 Å². The minimum atomic E-state index is -1.07. The average Bonchev–Trinajstić information content (AvgIpc) is 3.47. The molecule has 0 radical (unpaired) electrons. The van der Waals surface area contributed by atoms with Gasteiger partial charge in [-0.25, -0.2) is 4.39 Å². The Balaban J connectivity index is 1.51. The van der Waals surface area contributed by atoms with Gasteiger partial charge in [0.05, 0.1) is 11.6 Å². The SMILES string of the molecule is O=C(CO)NCCCOc1c(C(=O)NC(=O)C2(NCc3ccc(F)cc3)CCNCC2)sc(-c2ccc(Cl)cc2Cl)c1-c1ccc(Cl)cc1. The molecule has 0 aliphatic carbocycles. The van der Waals surface area contributed by atoms with Gasteiger partial charge in [-0.3, -0.25) is 25.0 Å². The van der Waals surface area contributed by atoms with E-state index in [9.17, 15) is 18.8 Å². The van der Waals surface area contributed by atoms with Gasteiger partial charge >= 0.3 is 0 Å². The molecule has 0 spiro atoms. The van der Waals surface area contributed by atoms with Crippen molar-refractivity contribution in [2.75, 3.05) is 32.8 Å². The lowest BCUT2D eigenvalue weighted by Gasteiger charge is -2.37. The fraction of sp³-hybridized carbons (Fsp3) is 0.286. The fourth-order valence-corrected chi connectivity index (χ4v) is 7.35. The van der Waals surface area contributed by atoms with Crippen molar-refractivity contribution in [2.24, 2.45) is 0 Å². The molecule has 4 aromatic rings. The Morgan fingerprint density at radius 1 is 0.959 bits per heavy atom. The normalized spacial score (nSPS) is 13.9. The number of hydrogen-bond acceptors (Lipinski definition) is 8. The number of thiophene rings is 1. The first kappa shape index (κ1) is 36.7. The maximum Gasteiger partial charge on any atom is 0.271 e. The molecule has 0 saturated carbocycles. The molecule has 0 bridgehead atoms. The van der Waals surface area contributed by atoms with Crippen molar-refractivity contribution < 1.29 is 28.6 Å². The lowest BCUT2D eigenvalue weighted by molar-refractivity contribution is -0.128. The van der Waals surface area contributed by atoms with Crippen LogP contribution in [0.1, 0.15) is 34.5 Å². The molecule has 5 rings (SSSR count). The molecule has 49 heavy (non-hydrogen) atoms. The molecule has 1 aromatic heterocycles. The van der Waals surface area contributed by atoms with Crippen molar-refractivity contribution in [1.82, 2.24) is 21.3 Å². The molecule has 0 atom stereocenters. The number of halogens is 4. The number of amides is 3. The predicted molar refractivity (Wildman–Crippen MR) is 191 cm³/mol. The standard InChI is InChI=1S/C35H34Cl3FN4O5S/c36-23-6-4-22(5-7-23)29-30(48-17-1-14-41-28(45)20-44)32(49-31(29)26-11-8-24(37)18-27(26)38)33(46)43-34(47)35(12-15-40-16-13-35)42-19-21-2-9-25(39)10-3-21/h2-11,18,40,42,44H,1,12-17,19-20H2,(H,41,45)(H,43,46,47). The van der Waals surface area contributed by atoms with Crippen LogP contribution in [0.15, 0.2) is 66.7 Å². The number of carbonyl (C=O) groups is 3. The molecule has 0 unspecified atom stereocenters. The summed E-state index contributed by atoms with van der Waals surface area (Å²) < 4.78 is 19.8. The zero-order valence-corrected chi connectivity index (χ0v) is 29.3. The van der Waals surface area contributed by atoms with Crippen LogP contribution >= 0.6 is 46.1 Å².